The van der Waals surface area contributed by atoms with Gasteiger partial charge in [-0.15, -0.1) is 0 Å². The molecule has 1 spiro atoms. The smallest absolute Gasteiger partial charge is 0.234 e. The van der Waals surface area contributed by atoms with Crippen LogP contribution in [0.4, 0.5) is 4.39 Å². The Bertz CT molecular complexity index is 531. The summed E-state index contributed by atoms with van der Waals surface area (Å²) in [5.41, 5.74) is 1.31. The molecule has 1 unspecified atom stereocenters. The zero-order valence-corrected chi connectivity index (χ0v) is 13.4. The van der Waals surface area contributed by atoms with E-state index in [1.807, 2.05) is 0 Å². The SMILES string of the molecule is CC(C)C(NC(=O)CN1CCC12CCC2)c1ccc(F)cc1. The molecule has 2 aliphatic rings. The van der Waals surface area contributed by atoms with E-state index in [0.29, 0.717) is 12.1 Å². The van der Waals surface area contributed by atoms with Crippen molar-refractivity contribution < 1.29 is 9.18 Å². The summed E-state index contributed by atoms with van der Waals surface area (Å²) in [6, 6.07) is 6.37. The van der Waals surface area contributed by atoms with Crippen molar-refractivity contribution in [3.63, 3.8) is 0 Å². The Morgan fingerprint density at radius 1 is 1.27 bits per heavy atom. The molecule has 120 valence electrons. The van der Waals surface area contributed by atoms with Crippen molar-refractivity contribution in [1.82, 2.24) is 10.2 Å². The molecule has 1 heterocycles. The fourth-order valence-electron chi connectivity index (χ4n) is 3.68. The summed E-state index contributed by atoms with van der Waals surface area (Å²) in [6.07, 6.45) is 5.02. The highest BCUT2D eigenvalue weighted by molar-refractivity contribution is 5.78. The number of benzene rings is 1. The van der Waals surface area contributed by atoms with Crippen LogP contribution in [-0.2, 0) is 4.79 Å². The Morgan fingerprint density at radius 3 is 2.41 bits per heavy atom. The average molecular weight is 304 g/mol. The molecule has 1 N–H and O–H groups in total. The fraction of sp³-hybridized carbons (Fsp3) is 0.611. The molecule has 1 aliphatic carbocycles. The van der Waals surface area contributed by atoms with Crippen molar-refractivity contribution in [1.29, 1.82) is 0 Å². The first-order valence-electron chi connectivity index (χ1n) is 8.30. The van der Waals surface area contributed by atoms with E-state index in [0.717, 1.165) is 12.1 Å². The van der Waals surface area contributed by atoms with Crippen LogP contribution in [-0.4, -0.2) is 29.4 Å². The molecule has 4 heteroatoms. The van der Waals surface area contributed by atoms with Gasteiger partial charge in [-0.1, -0.05) is 26.0 Å². The third-order valence-corrected chi connectivity index (χ3v) is 5.35. The van der Waals surface area contributed by atoms with E-state index in [2.05, 4.69) is 24.1 Å². The highest BCUT2D eigenvalue weighted by Crippen LogP contribution is 2.46. The molecule has 1 aromatic carbocycles. The van der Waals surface area contributed by atoms with Crippen LogP contribution < -0.4 is 5.32 Å². The predicted molar refractivity (Wildman–Crippen MR) is 84.9 cm³/mol. The summed E-state index contributed by atoms with van der Waals surface area (Å²) in [4.78, 5) is 14.7. The van der Waals surface area contributed by atoms with Gasteiger partial charge in [0.2, 0.25) is 5.91 Å². The minimum absolute atomic E-state index is 0.0632. The average Bonchev–Trinajstić information content (AvgIpc) is 2.40. The van der Waals surface area contributed by atoms with Gasteiger partial charge in [0.1, 0.15) is 5.82 Å². The van der Waals surface area contributed by atoms with Gasteiger partial charge in [-0.3, -0.25) is 9.69 Å². The standard InChI is InChI=1S/C18H25FN2O/c1-13(2)17(14-4-6-15(19)7-5-14)20-16(22)12-21-11-10-18(21)8-3-9-18/h4-7,13,17H,3,8-12H2,1-2H3,(H,20,22). The van der Waals surface area contributed by atoms with Gasteiger partial charge in [0.15, 0.2) is 0 Å². The van der Waals surface area contributed by atoms with Gasteiger partial charge < -0.3 is 5.32 Å². The highest BCUT2D eigenvalue weighted by Gasteiger charge is 2.49. The topological polar surface area (TPSA) is 32.3 Å². The van der Waals surface area contributed by atoms with Gasteiger partial charge in [-0.2, -0.15) is 0 Å². The van der Waals surface area contributed by atoms with Crippen molar-refractivity contribution in [2.75, 3.05) is 13.1 Å². The number of rotatable bonds is 5. The maximum atomic E-state index is 13.1. The number of hydrogen-bond acceptors (Lipinski definition) is 2. The molecule has 3 rings (SSSR count). The predicted octanol–water partition coefficient (Wildman–Crippen LogP) is 3.27. The van der Waals surface area contributed by atoms with E-state index in [9.17, 15) is 9.18 Å². The molecule has 1 aromatic rings. The lowest BCUT2D eigenvalue weighted by Gasteiger charge is -2.58. The largest absolute Gasteiger partial charge is 0.348 e. The van der Waals surface area contributed by atoms with Gasteiger partial charge in [0.25, 0.3) is 0 Å². The molecule has 0 bridgehead atoms. The monoisotopic (exact) mass is 304 g/mol. The van der Waals surface area contributed by atoms with E-state index in [1.54, 1.807) is 12.1 Å². The molecule has 1 saturated heterocycles. The second kappa shape index (κ2) is 5.99. The summed E-state index contributed by atoms with van der Waals surface area (Å²) < 4.78 is 13.1. The van der Waals surface area contributed by atoms with Crippen molar-refractivity contribution in [2.24, 2.45) is 5.92 Å². The van der Waals surface area contributed by atoms with Crippen LogP contribution >= 0.6 is 0 Å². The molecule has 0 radical (unpaired) electrons. The molecule has 0 aromatic heterocycles. The Kier molecular flexibility index (Phi) is 4.22. The number of carbonyl (C=O) groups is 1. The van der Waals surface area contributed by atoms with Gasteiger partial charge in [-0.25, -0.2) is 4.39 Å². The summed E-state index contributed by atoms with van der Waals surface area (Å²) in [5, 5.41) is 3.13. The van der Waals surface area contributed by atoms with Crippen molar-refractivity contribution in [2.45, 2.75) is 51.1 Å². The number of carbonyl (C=O) groups excluding carboxylic acids is 1. The van der Waals surface area contributed by atoms with Crippen LogP contribution in [0.5, 0.6) is 0 Å². The van der Waals surface area contributed by atoms with Crippen LogP contribution in [0.25, 0.3) is 0 Å². The summed E-state index contributed by atoms with van der Waals surface area (Å²) in [6.45, 7) is 5.68. The Hall–Kier alpha value is -1.42. The summed E-state index contributed by atoms with van der Waals surface area (Å²) in [5.74, 6) is 0.0996. The second-order valence-electron chi connectivity index (χ2n) is 7.09. The number of nitrogens with one attached hydrogen (secondary N) is 1. The molecular formula is C18H25FN2O. The van der Waals surface area contributed by atoms with Gasteiger partial charge in [0, 0.05) is 12.1 Å². The quantitative estimate of drug-likeness (QED) is 0.905. The molecule has 22 heavy (non-hydrogen) atoms. The first kappa shape index (κ1) is 15.5. The van der Waals surface area contributed by atoms with Crippen LogP contribution in [0.3, 0.4) is 0 Å². The second-order valence-corrected chi connectivity index (χ2v) is 7.09. The number of nitrogens with zero attached hydrogens (tertiary/aromatic N) is 1. The van der Waals surface area contributed by atoms with E-state index in [1.165, 1.54) is 37.8 Å². The van der Waals surface area contributed by atoms with Crippen LogP contribution in [0.15, 0.2) is 24.3 Å². The van der Waals surface area contributed by atoms with E-state index in [4.69, 9.17) is 0 Å². The Balaban J connectivity index is 1.61. The molecule has 3 nitrogen and oxygen atoms in total. The fourth-order valence-corrected chi connectivity index (χ4v) is 3.68. The highest BCUT2D eigenvalue weighted by atomic mass is 19.1. The zero-order valence-electron chi connectivity index (χ0n) is 13.4. The van der Waals surface area contributed by atoms with Crippen molar-refractivity contribution in [3.05, 3.63) is 35.6 Å². The first-order valence-corrected chi connectivity index (χ1v) is 8.30. The van der Waals surface area contributed by atoms with Crippen LogP contribution in [0.1, 0.15) is 51.1 Å². The van der Waals surface area contributed by atoms with E-state index in [-0.39, 0.29) is 23.7 Å². The number of halogens is 1. The van der Waals surface area contributed by atoms with Crippen molar-refractivity contribution >= 4 is 5.91 Å². The molecule has 1 atom stereocenters. The van der Waals surface area contributed by atoms with Gasteiger partial charge in [-0.05, 0) is 49.3 Å². The number of amides is 1. The lowest BCUT2D eigenvalue weighted by atomic mass is 9.68. The molecule has 1 aliphatic heterocycles. The Labute approximate surface area is 131 Å². The zero-order chi connectivity index (χ0) is 15.7. The summed E-state index contributed by atoms with van der Waals surface area (Å²) in [7, 11) is 0. The van der Waals surface area contributed by atoms with E-state index < -0.39 is 0 Å². The van der Waals surface area contributed by atoms with Gasteiger partial charge in [0.05, 0.1) is 12.6 Å². The molecular weight excluding hydrogens is 279 g/mol. The normalized spacial score (nSPS) is 21.3. The van der Waals surface area contributed by atoms with Crippen molar-refractivity contribution in [3.8, 4) is 0 Å². The van der Waals surface area contributed by atoms with Gasteiger partial charge >= 0.3 is 0 Å². The maximum absolute atomic E-state index is 13.1. The lowest BCUT2D eigenvalue weighted by molar-refractivity contribution is -0.133. The third-order valence-electron chi connectivity index (χ3n) is 5.35. The molecule has 1 amide bonds. The number of hydrogen-bond donors (Lipinski definition) is 1. The minimum atomic E-state index is -0.245. The molecule has 2 fully saturated rings. The minimum Gasteiger partial charge on any atom is -0.348 e. The van der Waals surface area contributed by atoms with Crippen LogP contribution in [0.2, 0.25) is 0 Å². The summed E-state index contributed by atoms with van der Waals surface area (Å²) >= 11 is 0. The maximum Gasteiger partial charge on any atom is 0.234 e. The third kappa shape index (κ3) is 2.89. The number of likely N-dealkylation sites (tertiary alicyclic amines) is 1. The van der Waals surface area contributed by atoms with Crippen LogP contribution in [0, 0.1) is 11.7 Å². The van der Waals surface area contributed by atoms with E-state index >= 15 is 0 Å². The first-order chi connectivity index (χ1) is 10.5. The molecule has 1 saturated carbocycles. The lowest BCUT2D eigenvalue weighted by Crippen LogP contribution is -2.65. The Morgan fingerprint density at radius 2 is 1.95 bits per heavy atom.